The van der Waals surface area contributed by atoms with Crippen molar-refractivity contribution in [2.75, 3.05) is 5.32 Å². The van der Waals surface area contributed by atoms with Gasteiger partial charge in [-0.05, 0) is 54.6 Å². The molecule has 24 heavy (non-hydrogen) atoms. The molecule has 0 aliphatic heterocycles. The van der Waals surface area contributed by atoms with Crippen LogP contribution in [0.4, 0.5) is 11.5 Å². The quantitative estimate of drug-likeness (QED) is 0.522. The number of hydrogen-bond donors (Lipinski definition) is 1. The monoisotopic (exact) mass is 331 g/mol. The maximum atomic E-state index is 4.80. The molecule has 0 unspecified atom stereocenters. The number of rotatable bonds is 3. The van der Waals surface area contributed by atoms with Crippen LogP contribution in [0.25, 0.3) is 21.6 Å². The van der Waals surface area contributed by atoms with Crippen molar-refractivity contribution in [2.24, 2.45) is 0 Å². The van der Waals surface area contributed by atoms with E-state index < -0.39 is 0 Å². The highest BCUT2D eigenvalue weighted by atomic mass is 32.1. The van der Waals surface area contributed by atoms with Gasteiger partial charge in [-0.2, -0.15) is 0 Å². The summed E-state index contributed by atoms with van der Waals surface area (Å²) in [4.78, 5) is 10.6. The Balaban J connectivity index is 1.88. The van der Waals surface area contributed by atoms with Crippen LogP contribution in [0.2, 0.25) is 0 Å². The van der Waals surface area contributed by atoms with Crippen LogP contribution in [0.3, 0.4) is 0 Å². The number of aromatic nitrogens is 2. The Labute approximate surface area is 145 Å². The van der Waals surface area contributed by atoms with Crippen LogP contribution in [-0.4, -0.2) is 9.97 Å². The third-order valence-corrected chi connectivity index (χ3v) is 4.86. The molecule has 4 rings (SSSR count). The van der Waals surface area contributed by atoms with Crippen LogP contribution in [0.15, 0.2) is 60.0 Å². The number of benzene rings is 2. The first-order valence-electron chi connectivity index (χ1n) is 7.85. The van der Waals surface area contributed by atoms with Crippen LogP contribution in [0, 0.1) is 13.8 Å². The molecule has 2 aromatic heterocycles. The molecule has 3 nitrogen and oxygen atoms in total. The van der Waals surface area contributed by atoms with Gasteiger partial charge in [-0.3, -0.25) is 0 Å². The molecule has 118 valence electrons. The summed E-state index contributed by atoms with van der Waals surface area (Å²) in [5.74, 6) is 1.61. The largest absolute Gasteiger partial charge is 0.339 e. The summed E-state index contributed by atoms with van der Waals surface area (Å²) < 4.78 is 0. The van der Waals surface area contributed by atoms with Crippen LogP contribution < -0.4 is 5.32 Å². The highest BCUT2D eigenvalue weighted by molar-refractivity contribution is 7.13. The second-order valence-corrected chi connectivity index (χ2v) is 6.78. The first-order chi connectivity index (χ1) is 11.7. The Morgan fingerprint density at radius 2 is 1.79 bits per heavy atom. The highest BCUT2D eigenvalue weighted by Gasteiger charge is 2.11. The summed E-state index contributed by atoms with van der Waals surface area (Å²) in [7, 11) is 0. The van der Waals surface area contributed by atoms with Gasteiger partial charge in [0.15, 0.2) is 5.82 Å². The summed E-state index contributed by atoms with van der Waals surface area (Å²) in [6, 6.07) is 18.6. The van der Waals surface area contributed by atoms with E-state index in [1.165, 1.54) is 11.1 Å². The van der Waals surface area contributed by atoms with Crippen molar-refractivity contribution in [3.63, 3.8) is 0 Å². The van der Waals surface area contributed by atoms with E-state index in [-0.39, 0.29) is 0 Å². The third-order valence-electron chi connectivity index (χ3n) is 3.99. The number of para-hydroxylation sites is 1. The van der Waals surface area contributed by atoms with Gasteiger partial charge >= 0.3 is 0 Å². The van der Waals surface area contributed by atoms with E-state index in [0.717, 1.165) is 33.1 Å². The second kappa shape index (κ2) is 6.06. The van der Waals surface area contributed by atoms with E-state index in [2.05, 4.69) is 49.5 Å². The molecule has 0 aliphatic carbocycles. The van der Waals surface area contributed by atoms with Gasteiger partial charge < -0.3 is 5.32 Å². The lowest BCUT2D eigenvalue weighted by molar-refractivity contribution is 1.23. The Bertz CT molecular complexity index is 1010. The van der Waals surface area contributed by atoms with Crippen molar-refractivity contribution in [1.29, 1.82) is 0 Å². The predicted molar refractivity (Wildman–Crippen MR) is 102 cm³/mol. The van der Waals surface area contributed by atoms with E-state index in [1.54, 1.807) is 11.3 Å². The minimum atomic E-state index is 0.761. The summed E-state index contributed by atoms with van der Waals surface area (Å²) in [6.07, 6.45) is 0. The molecule has 0 saturated heterocycles. The standard InChI is InChI=1S/C20H17N3S/c1-13-9-10-14(2)17(12-13)22-19-15-6-3-4-7-16(15)21-20(23-19)18-8-5-11-24-18/h3-12H,1-2H3,(H,21,22,23). The molecule has 0 fully saturated rings. The van der Waals surface area contributed by atoms with Crippen molar-refractivity contribution in [3.8, 4) is 10.7 Å². The molecule has 2 aromatic carbocycles. The van der Waals surface area contributed by atoms with Gasteiger partial charge in [0.25, 0.3) is 0 Å². The number of hydrogen-bond acceptors (Lipinski definition) is 4. The highest BCUT2D eigenvalue weighted by Crippen LogP contribution is 2.30. The molecular formula is C20H17N3S. The maximum Gasteiger partial charge on any atom is 0.172 e. The molecule has 0 radical (unpaired) electrons. The molecule has 0 amide bonds. The third kappa shape index (κ3) is 2.76. The molecule has 0 bridgehead atoms. The second-order valence-electron chi connectivity index (χ2n) is 5.83. The molecule has 0 saturated carbocycles. The summed E-state index contributed by atoms with van der Waals surface area (Å²) >= 11 is 1.65. The Morgan fingerprint density at radius 3 is 2.62 bits per heavy atom. The molecule has 0 atom stereocenters. The van der Waals surface area contributed by atoms with Crippen LogP contribution in [0.5, 0.6) is 0 Å². The Kier molecular flexibility index (Phi) is 3.75. The van der Waals surface area contributed by atoms with Gasteiger partial charge in [0.2, 0.25) is 0 Å². The fourth-order valence-electron chi connectivity index (χ4n) is 2.69. The first kappa shape index (κ1) is 14.8. The molecule has 1 N–H and O–H groups in total. The van der Waals surface area contributed by atoms with E-state index in [1.807, 2.05) is 29.6 Å². The smallest absolute Gasteiger partial charge is 0.172 e. The lowest BCUT2D eigenvalue weighted by atomic mass is 10.1. The topological polar surface area (TPSA) is 37.8 Å². The molecular weight excluding hydrogens is 314 g/mol. The lowest BCUT2D eigenvalue weighted by Gasteiger charge is -2.13. The van der Waals surface area contributed by atoms with Gasteiger partial charge in [0.05, 0.1) is 10.4 Å². The number of nitrogens with one attached hydrogen (secondary N) is 1. The zero-order valence-corrected chi connectivity index (χ0v) is 14.4. The SMILES string of the molecule is Cc1ccc(C)c(Nc2nc(-c3cccs3)nc3ccccc23)c1. The van der Waals surface area contributed by atoms with E-state index in [4.69, 9.17) is 9.97 Å². The first-order valence-corrected chi connectivity index (χ1v) is 8.73. The van der Waals surface area contributed by atoms with Crippen molar-refractivity contribution < 1.29 is 0 Å². The molecule has 0 spiro atoms. The number of anilines is 2. The van der Waals surface area contributed by atoms with Crippen molar-refractivity contribution in [1.82, 2.24) is 9.97 Å². The lowest BCUT2D eigenvalue weighted by Crippen LogP contribution is -2.00. The fourth-order valence-corrected chi connectivity index (χ4v) is 3.34. The number of nitrogens with zero attached hydrogens (tertiary/aromatic N) is 2. The van der Waals surface area contributed by atoms with Crippen LogP contribution in [-0.2, 0) is 0 Å². The summed E-state index contributed by atoms with van der Waals surface area (Å²) in [5.41, 5.74) is 4.44. The van der Waals surface area contributed by atoms with E-state index in [0.29, 0.717) is 0 Å². The average molecular weight is 331 g/mol. The van der Waals surface area contributed by atoms with Gasteiger partial charge in [0.1, 0.15) is 5.82 Å². The fraction of sp³-hybridized carbons (Fsp3) is 0.100. The number of fused-ring (bicyclic) bond motifs is 1. The van der Waals surface area contributed by atoms with Gasteiger partial charge in [-0.25, -0.2) is 9.97 Å². The number of aryl methyl sites for hydroxylation is 2. The van der Waals surface area contributed by atoms with Crippen LogP contribution in [0.1, 0.15) is 11.1 Å². The molecule has 0 aliphatic rings. The summed E-state index contributed by atoms with van der Waals surface area (Å²) in [5, 5.41) is 6.59. The van der Waals surface area contributed by atoms with Crippen LogP contribution >= 0.6 is 11.3 Å². The summed E-state index contributed by atoms with van der Waals surface area (Å²) in [6.45, 7) is 4.20. The van der Waals surface area contributed by atoms with E-state index >= 15 is 0 Å². The zero-order chi connectivity index (χ0) is 16.5. The normalized spacial score (nSPS) is 10.9. The molecule has 4 aromatic rings. The average Bonchev–Trinajstić information content (AvgIpc) is 3.13. The van der Waals surface area contributed by atoms with Crippen molar-refractivity contribution >= 4 is 33.7 Å². The Morgan fingerprint density at radius 1 is 0.917 bits per heavy atom. The van der Waals surface area contributed by atoms with Gasteiger partial charge in [-0.1, -0.05) is 30.3 Å². The predicted octanol–water partition coefficient (Wildman–Crippen LogP) is 5.72. The number of thiophene rings is 1. The van der Waals surface area contributed by atoms with Gasteiger partial charge in [0, 0.05) is 11.1 Å². The molecule has 4 heteroatoms. The Hall–Kier alpha value is -2.72. The van der Waals surface area contributed by atoms with E-state index in [9.17, 15) is 0 Å². The minimum absolute atomic E-state index is 0.761. The minimum Gasteiger partial charge on any atom is -0.339 e. The molecule has 2 heterocycles. The van der Waals surface area contributed by atoms with Gasteiger partial charge in [-0.15, -0.1) is 11.3 Å². The van der Waals surface area contributed by atoms with Crippen molar-refractivity contribution in [3.05, 3.63) is 71.1 Å². The maximum absolute atomic E-state index is 4.80. The zero-order valence-electron chi connectivity index (χ0n) is 13.6. The van der Waals surface area contributed by atoms with Crippen molar-refractivity contribution in [2.45, 2.75) is 13.8 Å².